The van der Waals surface area contributed by atoms with Crippen molar-refractivity contribution in [1.82, 2.24) is 15.3 Å². The van der Waals surface area contributed by atoms with Gasteiger partial charge in [-0.05, 0) is 30.5 Å². The van der Waals surface area contributed by atoms with Crippen LogP contribution in [-0.2, 0) is 16.0 Å². The summed E-state index contributed by atoms with van der Waals surface area (Å²) in [7, 11) is 0. The van der Waals surface area contributed by atoms with E-state index in [9.17, 15) is 9.59 Å². The van der Waals surface area contributed by atoms with E-state index in [0.717, 1.165) is 42.5 Å². The van der Waals surface area contributed by atoms with Gasteiger partial charge in [0.2, 0.25) is 11.8 Å². The third kappa shape index (κ3) is 4.92. The van der Waals surface area contributed by atoms with Crippen LogP contribution in [0.1, 0.15) is 24.8 Å². The molecule has 0 bridgehead atoms. The van der Waals surface area contributed by atoms with Crippen LogP contribution in [0, 0.1) is 0 Å². The van der Waals surface area contributed by atoms with Gasteiger partial charge in [-0.15, -0.1) is 0 Å². The minimum absolute atomic E-state index is 0.0998. The number of hydrogen-bond donors (Lipinski definition) is 2. The van der Waals surface area contributed by atoms with E-state index >= 15 is 0 Å². The lowest BCUT2D eigenvalue weighted by Gasteiger charge is -2.20. The van der Waals surface area contributed by atoms with E-state index in [2.05, 4.69) is 20.5 Å². The molecule has 4 rings (SSSR count). The summed E-state index contributed by atoms with van der Waals surface area (Å²) >= 11 is 0. The quantitative estimate of drug-likeness (QED) is 0.633. The van der Waals surface area contributed by atoms with Crippen LogP contribution in [0.15, 0.2) is 54.6 Å². The van der Waals surface area contributed by atoms with E-state index in [-0.39, 0.29) is 24.8 Å². The zero-order valence-electron chi connectivity index (χ0n) is 16.8. The molecule has 154 valence electrons. The molecule has 30 heavy (non-hydrogen) atoms. The maximum atomic E-state index is 12.5. The van der Waals surface area contributed by atoms with Gasteiger partial charge in [-0.25, -0.2) is 9.97 Å². The van der Waals surface area contributed by atoms with E-state index in [1.807, 2.05) is 54.6 Å². The van der Waals surface area contributed by atoms with Crippen molar-refractivity contribution in [3.8, 4) is 0 Å². The molecule has 1 fully saturated rings. The Hall–Kier alpha value is -3.48. The van der Waals surface area contributed by atoms with Crippen LogP contribution in [0.3, 0.4) is 0 Å². The molecule has 3 aromatic rings. The van der Waals surface area contributed by atoms with Gasteiger partial charge in [-0.2, -0.15) is 0 Å². The van der Waals surface area contributed by atoms with Crippen molar-refractivity contribution in [1.29, 1.82) is 0 Å². The Morgan fingerprint density at radius 1 is 0.867 bits per heavy atom. The van der Waals surface area contributed by atoms with Crippen molar-refractivity contribution >= 4 is 34.5 Å². The molecule has 0 radical (unpaired) electrons. The summed E-state index contributed by atoms with van der Waals surface area (Å²) in [4.78, 5) is 36.1. The van der Waals surface area contributed by atoms with Crippen molar-refractivity contribution in [3.63, 3.8) is 0 Å². The Balaban J connectivity index is 1.37. The fraction of sp³-hybridized carbons (Fsp3) is 0.304. The molecule has 0 saturated carbocycles. The second kappa shape index (κ2) is 9.35. The van der Waals surface area contributed by atoms with Crippen LogP contribution in [-0.4, -0.2) is 41.4 Å². The molecule has 1 saturated heterocycles. The van der Waals surface area contributed by atoms with Gasteiger partial charge in [0.1, 0.15) is 0 Å². The van der Waals surface area contributed by atoms with E-state index in [4.69, 9.17) is 4.98 Å². The van der Waals surface area contributed by atoms with Crippen molar-refractivity contribution in [3.05, 3.63) is 60.2 Å². The molecule has 2 N–H and O–H groups in total. The molecule has 0 atom stereocenters. The molecular formula is C23H25N5O2. The van der Waals surface area contributed by atoms with Crippen LogP contribution < -0.4 is 15.5 Å². The Bertz CT molecular complexity index is 1030. The minimum atomic E-state index is -0.194. The molecule has 1 aliphatic rings. The highest BCUT2D eigenvalue weighted by Crippen LogP contribution is 2.27. The molecule has 0 spiro atoms. The summed E-state index contributed by atoms with van der Waals surface area (Å²) in [6.45, 7) is 2.09. The second-order valence-electron chi connectivity index (χ2n) is 7.39. The number of para-hydroxylation sites is 2. The van der Waals surface area contributed by atoms with Crippen LogP contribution >= 0.6 is 0 Å². The lowest BCUT2D eigenvalue weighted by Crippen LogP contribution is -2.29. The Kier molecular flexibility index (Phi) is 6.17. The SMILES string of the molecule is O=C(Cc1ccccc1)NCCC(=O)Nc1nc2ccccc2nc1N1CCCC1. The average molecular weight is 403 g/mol. The highest BCUT2D eigenvalue weighted by molar-refractivity contribution is 5.94. The summed E-state index contributed by atoms with van der Waals surface area (Å²) in [5.74, 6) is 0.904. The van der Waals surface area contributed by atoms with E-state index in [1.165, 1.54) is 0 Å². The van der Waals surface area contributed by atoms with Crippen LogP contribution in [0.5, 0.6) is 0 Å². The molecule has 2 heterocycles. The van der Waals surface area contributed by atoms with E-state index < -0.39 is 0 Å². The first-order chi connectivity index (χ1) is 14.7. The number of carbonyl (C=O) groups is 2. The number of nitrogens with one attached hydrogen (secondary N) is 2. The highest BCUT2D eigenvalue weighted by atomic mass is 16.2. The summed E-state index contributed by atoms with van der Waals surface area (Å²) in [5.41, 5.74) is 2.50. The van der Waals surface area contributed by atoms with Crippen molar-refractivity contribution in [2.24, 2.45) is 0 Å². The van der Waals surface area contributed by atoms with Crippen LogP contribution in [0.2, 0.25) is 0 Å². The lowest BCUT2D eigenvalue weighted by molar-refractivity contribution is -0.120. The first-order valence-corrected chi connectivity index (χ1v) is 10.3. The number of amides is 2. The van der Waals surface area contributed by atoms with Crippen LogP contribution in [0.4, 0.5) is 11.6 Å². The topological polar surface area (TPSA) is 87.2 Å². The Labute approximate surface area is 175 Å². The average Bonchev–Trinajstić information content (AvgIpc) is 3.28. The van der Waals surface area contributed by atoms with Gasteiger partial charge in [0.05, 0.1) is 17.5 Å². The largest absolute Gasteiger partial charge is 0.355 e. The first kappa shape index (κ1) is 19.8. The zero-order valence-corrected chi connectivity index (χ0v) is 16.8. The lowest BCUT2D eigenvalue weighted by atomic mass is 10.1. The van der Waals surface area contributed by atoms with Gasteiger partial charge >= 0.3 is 0 Å². The van der Waals surface area contributed by atoms with E-state index in [0.29, 0.717) is 18.1 Å². The number of anilines is 2. The van der Waals surface area contributed by atoms with Gasteiger partial charge in [-0.3, -0.25) is 9.59 Å². The van der Waals surface area contributed by atoms with E-state index in [1.54, 1.807) is 0 Å². The number of hydrogen-bond acceptors (Lipinski definition) is 5. The number of benzene rings is 2. The minimum Gasteiger partial charge on any atom is -0.355 e. The fourth-order valence-corrected chi connectivity index (χ4v) is 3.58. The normalized spacial score (nSPS) is 13.4. The van der Waals surface area contributed by atoms with Crippen molar-refractivity contribution in [2.45, 2.75) is 25.7 Å². The second-order valence-corrected chi connectivity index (χ2v) is 7.39. The smallest absolute Gasteiger partial charge is 0.227 e. The van der Waals surface area contributed by atoms with Gasteiger partial charge in [0.15, 0.2) is 11.6 Å². The summed E-state index contributed by atoms with van der Waals surface area (Å²) < 4.78 is 0. The number of rotatable bonds is 7. The van der Waals surface area contributed by atoms with Crippen molar-refractivity contribution in [2.75, 3.05) is 29.9 Å². The summed E-state index contributed by atoms with van der Waals surface area (Å²) in [5, 5.41) is 5.70. The molecule has 7 nitrogen and oxygen atoms in total. The first-order valence-electron chi connectivity index (χ1n) is 10.3. The zero-order chi connectivity index (χ0) is 20.8. The predicted molar refractivity (Wildman–Crippen MR) is 117 cm³/mol. The fourth-order valence-electron chi connectivity index (χ4n) is 3.58. The number of nitrogens with zero attached hydrogens (tertiary/aromatic N) is 3. The summed E-state index contributed by atoms with van der Waals surface area (Å²) in [6, 6.07) is 17.2. The summed E-state index contributed by atoms with van der Waals surface area (Å²) in [6.07, 6.45) is 2.69. The van der Waals surface area contributed by atoms with Gasteiger partial charge in [0, 0.05) is 26.1 Å². The number of aromatic nitrogens is 2. The van der Waals surface area contributed by atoms with Gasteiger partial charge in [-0.1, -0.05) is 42.5 Å². The molecule has 2 aromatic carbocycles. The highest BCUT2D eigenvalue weighted by Gasteiger charge is 2.20. The van der Waals surface area contributed by atoms with Crippen LogP contribution in [0.25, 0.3) is 11.0 Å². The molecule has 0 unspecified atom stereocenters. The molecule has 7 heteroatoms. The third-order valence-corrected chi connectivity index (χ3v) is 5.10. The molecular weight excluding hydrogens is 378 g/mol. The maximum Gasteiger partial charge on any atom is 0.227 e. The van der Waals surface area contributed by atoms with Crippen molar-refractivity contribution < 1.29 is 9.59 Å². The monoisotopic (exact) mass is 403 g/mol. The van der Waals surface area contributed by atoms with Gasteiger partial charge in [0.25, 0.3) is 0 Å². The molecule has 1 aromatic heterocycles. The number of fused-ring (bicyclic) bond motifs is 1. The van der Waals surface area contributed by atoms with Gasteiger partial charge < -0.3 is 15.5 Å². The third-order valence-electron chi connectivity index (χ3n) is 5.10. The molecule has 0 aliphatic carbocycles. The maximum absolute atomic E-state index is 12.5. The molecule has 1 aliphatic heterocycles. The predicted octanol–water partition coefficient (Wildman–Crippen LogP) is 2.92. The molecule has 2 amide bonds. The number of carbonyl (C=O) groups excluding carboxylic acids is 2. The standard InChI is InChI=1S/C23H25N5O2/c29-20(12-13-24-21(30)16-17-8-2-1-3-9-17)27-22-23(28-14-6-7-15-28)26-19-11-5-4-10-18(19)25-22/h1-5,8-11H,6-7,12-16H2,(H,24,30)(H,25,27,29). The Morgan fingerprint density at radius 3 is 2.27 bits per heavy atom. The Morgan fingerprint density at radius 2 is 1.53 bits per heavy atom.